The molecule has 2 aromatic rings. The fourth-order valence-corrected chi connectivity index (χ4v) is 2.98. The van der Waals surface area contributed by atoms with Crippen LogP contribution in [0.25, 0.3) is 0 Å². The molecule has 0 radical (unpaired) electrons. The van der Waals surface area contributed by atoms with Crippen LogP contribution in [0.5, 0.6) is 0 Å². The quantitative estimate of drug-likeness (QED) is 0.761. The summed E-state index contributed by atoms with van der Waals surface area (Å²) in [6.45, 7) is 0.398. The number of carbonyl (C=O) groups is 2. The second-order valence-electron chi connectivity index (χ2n) is 6.36. The van der Waals surface area contributed by atoms with Gasteiger partial charge in [-0.3, -0.25) is 4.90 Å². The molecular weight excluding hydrogens is 344 g/mol. The van der Waals surface area contributed by atoms with Gasteiger partial charge in [-0.1, -0.05) is 60.7 Å². The summed E-state index contributed by atoms with van der Waals surface area (Å²) in [6, 6.07) is 19.9. The van der Waals surface area contributed by atoms with Crippen molar-refractivity contribution >= 4 is 12.1 Å². The number of nitriles is 1. The Morgan fingerprint density at radius 3 is 2.07 bits per heavy atom. The minimum absolute atomic E-state index is 0.110. The topological polar surface area (TPSA) is 79.6 Å². The van der Waals surface area contributed by atoms with Crippen molar-refractivity contribution in [1.82, 2.24) is 4.90 Å². The van der Waals surface area contributed by atoms with Gasteiger partial charge in [-0.25, -0.2) is 9.59 Å². The molecule has 3 rings (SSSR count). The molecule has 27 heavy (non-hydrogen) atoms. The molecule has 1 amide bonds. The zero-order valence-electron chi connectivity index (χ0n) is 14.8. The normalized spacial score (nSPS) is 18.6. The van der Waals surface area contributed by atoms with E-state index in [2.05, 4.69) is 6.07 Å². The predicted molar refractivity (Wildman–Crippen MR) is 97.1 cm³/mol. The third kappa shape index (κ3) is 4.85. The second kappa shape index (κ2) is 8.86. The highest BCUT2D eigenvalue weighted by Gasteiger charge is 2.41. The molecule has 0 bridgehead atoms. The van der Waals surface area contributed by atoms with Gasteiger partial charge in [0, 0.05) is 6.54 Å². The smallest absolute Gasteiger partial charge is 0.410 e. The van der Waals surface area contributed by atoms with Crippen molar-refractivity contribution < 1.29 is 19.1 Å². The van der Waals surface area contributed by atoms with Gasteiger partial charge >= 0.3 is 12.1 Å². The van der Waals surface area contributed by atoms with Crippen LogP contribution >= 0.6 is 0 Å². The first kappa shape index (κ1) is 18.5. The zero-order chi connectivity index (χ0) is 19.1. The largest absolute Gasteiger partial charge is 0.459 e. The number of likely N-dealkylation sites (tertiary alicyclic amines) is 1. The predicted octanol–water partition coefficient (Wildman–Crippen LogP) is 3.28. The summed E-state index contributed by atoms with van der Waals surface area (Å²) >= 11 is 0. The van der Waals surface area contributed by atoms with E-state index < -0.39 is 24.0 Å². The Labute approximate surface area is 157 Å². The fourth-order valence-electron chi connectivity index (χ4n) is 2.98. The second-order valence-corrected chi connectivity index (χ2v) is 6.36. The monoisotopic (exact) mass is 364 g/mol. The zero-order valence-corrected chi connectivity index (χ0v) is 14.8. The number of benzene rings is 2. The summed E-state index contributed by atoms with van der Waals surface area (Å²) in [5.41, 5.74) is 1.71. The standard InChI is InChI=1S/C21H20N2O4/c22-12-18-11-19(20(24)26-14-16-7-3-1-4-8-16)23(13-18)21(25)27-15-17-9-5-2-6-10-17/h1-10,18-19H,11,13-15H2/t18-,19-/m0/s1. The summed E-state index contributed by atoms with van der Waals surface area (Å²) < 4.78 is 10.7. The van der Waals surface area contributed by atoms with E-state index in [0.29, 0.717) is 0 Å². The lowest BCUT2D eigenvalue weighted by atomic mass is 10.1. The van der Waals surface area contributed by atoms with Crippen LogP contribution in [-0.4, -0.2) is 29.5 Å². The Bertz CT molecular complexity index is 754. The van der Waals surface area contributed by atoms with Crippen LogP contribution in [0.3, 0.4) is 0 Å². The maximum atomic E-state index is 12.5. The third-order valence-corrected chi connectivity index (χ3v) is 4.42. The highest BCUT2D eigenvalue weighted by atomic mass is 16.6. The van der Waals surface area contributed by atoms with Gasteiger partial charge in [-0.15, -0.1) is 0 Å². The van der Waals surface area contributed by atoms with Crippen molar-refractivity contribution in [2.45, 2.75) is 25.7 Å². The van der Waals surface area contributed by atoms with Crippen molar-refractivity contribution in [2.75, 3.05) is 6.54 Å². The van der Waals surface area contributed by atoms with Crippen LogP contribution < -0.4 is 0 Å². The molecule has 138 valence electrons. The van der Waals surface area contributed by atoms with E-state index in [1.807, 2.05) is 60.7 Å². The summed E-state index contributed by atoms with van der Waals surface area (Å²) in [4.78, 5) is 26.2. The van der Waals surface area contributed by atoms with Crippen molar-refractivity contribution in [3.8, 4) is 6.07 Å². The lowest BCUT2D eigenvalue weighted by Crippen LogP contribution is -2.41. The number of carbonyl (C=O) groups excluding carboxylic acids is 2. The van der Waals surface area contributed by atoms with Gasteiger partial charge in [0.1, 0.15) is 19.3 Å². The molecule has 1 heterocycles. The average Bonchev–Trinajstić information content (AvgIpc) is 3.16. The highest BCUT2D eigenvalue weighted by molar-refractivity contribution is 5.82. The molecule has 6 heteroatoms. The number of amides is 1. The third-order valence-electron chi connectivity index (χ3n) is 4.42. The highest BCUT2D eigenvalue weighted by Crippen LogP contribution is 2.25. The Hall–Kier alpha value is -3.33. The number of hydrogen-bond donors (Lipinski definition) is 0. The van der Waals surface area contributed by atoms with Crippen LogP contribution in [0.15, 0.2) is 60.7 Å². The van der Waals surface area contributed by atoms with Gasteiger partial charge in [0.15, 0.2) is 0 Å². The van der Waals surface area contributed by atoms with Crippen molar-refractivity contribution in [2.24, 2.45) is 5.92 Å². The van der Waals surface area contributed by atoms with Crippen molar-refractivity contribution in [3.63, 3.8) is 0 Å². The van der Waals surface area contributed by atoms with E-state index in [1.165, 1.54) is 4.90 Å². The van der Waals surface area contributed by atoms with Crippen LogP contribution in [0, 0.1) is 17.2 Å². The SMILES string of the molecule is N#C[C@@H]1C[C@@H](C(=O)OCc2ccccc2)N(C(=O)OCc2ccccc2)C1. The van der Waals surface area contributed by atoms with Gasteiger partial charge in [-0.05, 0) is 17.5 Å². The summed E-state index contributed by atoms with van der Waals surface area (Å²) in [7, 11) is 0. The molecule has 0 spiro atoms. The maximum Gasteiger partial charge on any atom is 0.410 e. The van der Waals surface area contributed by atoms with E-state index in [4.69, 9.17) is 9.47 Å². The number of hydrogen-bond acceptors (Lipinski definition) is 5. The molecule has 0 unspecified atom stereocenters. The average molecular weight is 364 g/mol. The van der Waals surface area contributed by atoms with Gasteiger partial charge in [-0.2, -0.15) is 5.26 Å². The van der Waals surface area contributed by atoms with E-state index in [9.17, 15) is 14.9 Å². The van der Waals surface area contributed by atoms with Crippen molar-refractivity contribution in [1.29, 1.82) is 5.26 Å². The summed E-state index contributed by atoms with van der Waals surface area (Å²) in [5, 5.41) is 9.20. The first-order valence-corrected chi connectivity index (χ1v) is 8.75. The van der Waals surface area contributed by atoms with E-state index in [0.717, 1.165) is 11.1 Å². The van der Waals surface area contributed by atoms with Gasteiger partial charge < -0.3 is 9.47 Å². The molecule has 2 aromatic carbocycles. The Morgan fingerprint density at radius 2 is 1.52 bits per heavy atom. The van der Waals surface area contributed by atoms with E-state index in [-0.39, 0.29) is 26.2 Å². The number of rotatable bonds is 5. The molecule has 6 nitrogen and oxygen atoms in total. The Balaban J connectivity index is 1.60. The lowest BCUT2D eigenvalue weighted by Gasteiger charge is -2.22. The number of esters is 1. The van der Waals surface area contributed by atoms with Gasteiger partial charge in [0.05, 0.1) is 12.0 Å². The Morgan fingerprint density at radius 1 is 0.963 bits per heavy atom. The van der Waals surface area contributed by atoms with Gasteiger partial charge in [0.2, 0.25) is 0 Å². The minimum atomic E-state index is -0.804. The molecule has 0 N–H and O–H groups in total. The first-order chi connectivity index (χ1) is 13.2. The molecule has 1 fully saturated rings. The Kier molecular flexibility index (Phi) is 6.06. The van der Waals surface area contributed by atoms with Gasteiger partial charge in [0.25, 0.3) is 0 Å². The molecule has 2 atom stereocenters. The van der Waals surface area contributed by atoms with Crippen LogP contribution in [0.4, 0.5) is 4.79 Å². The van der Waals surface area contributed by atoms with Crippen LogP contribution in [0.1, 0.15) is 17.5 Å². The molecule has 0 aliphatic carbocycles. The number of ether oxygens (including phenoxy) is 2. The van der Waals surface area contributed by atoms with E-state index in [1.54, 1.807) is 0 Å². The first-order valence-electron chi connectivity index (χ1n) is 8.75. The van der Waals surface area contributed by atoms with Crippen LogP contribution in [-0.2, 0) is 27.5 Å². The van der Waals surface area contributed by atoms with Crippen LogP contribution in [0.2, 0.25) is 0 Å². The molecule has 1 aliphatic rings. The maximum absolute atomic E-state index is 12.5. The lowest BCUT2D eigenvalue weighted by molar-refractivity contribution is -0.149. The molecular formula is C21H20N2O4. The van der Waals surface area contributed by atoms with E-state index >= 15 is 0 Å². The summed E-state index contributed by atoms with van der Waals surface area (Å²) in [6.07, 6.45) is -0.358. The fraction of sp³-hybridized carbons (Fsp3) is 0.286. The molecule has 0 aromatic heterocycles. The van der Waals surface area contributed by atoms with Crippen molar-refractivity contribution in [3.05, 3.63) is 71.8 Å². The summed E-state index contributed by atoms with van der Waals surface area (Å²) in [5.74, 6) is -0.934. The number of nitrogens with zero attached hydrogens (tertiary/aromatic N) is 2. The minimum Gasteiger partial charge on any atom is -0.459 e. The molecule has 0 saturated carbocycles. The molecule has 1 aliphatic heterocycles. The molecule has 1 saturated heterocycles.